The molecule has 1 N–H and O–H groups in total. The standard InChI is InChI=1S/C17H19N3O2S2/c1-11-3-4-13(9-12(11)2)14-10-24-16(18-14)19-15(21)5-6-20-7-8-23-17(20)22/h3-4,9-10H,5-8H2,1-2H3,(H,18,19,21). The number of hydrogen-bond acceptors (Lipinski definition) is 5. The minimum absolute atomic E-state index is 0.0640. The van der Waals surface area contributed by atoms with Crippen LogP contribution >= 0.6 is 23.1 Å². The molecule has 5 nitrogen and oxygen atoms in total. The van der Waals surface area contributed by atoms with E-state index in [2.05, 4.69) is 36.3 Å². The largest absolute Gasteiger partial charge is 0.332 e. The van der Waals surface area contributed by atoms with Gasteiger partial charge in [-0.25, -0.2) is 4.98 Å². The summed E-state index contributed by atoms with van der Waals surface area (Å²) in [6.07, 6.45) is 0.296. The summed E-state index contributed by atoms with van der Waals surface area (Å²) in [4.78, 5) is 29.7. The van der Waals surface area contributed by atoms with Crippen molar-refractivity contribution in [2.45, 2.75) is 20.3 Å². The van der Waals surface area contributed by atoms with Crippen molar-refractivity contribution in [1.82, 2.24) is 9.88 Å². The zero-order chi connectivity index (χ0) is 17.1. The second-order valence-electron chi connectivity index (χ2n) is 5.74. The number of thiazole rings is 1. The number of aryl methyl sites for hydroxylation is 2. The number of nitrogens with zero attached hydrogens (tertiary/aromatic N) is 2. The molecule has 7 heteroatoms. The molecular weight excluding hydrogens is 342 g/mol. The molecule has 0 unspecified atom stereocenters. The molecule has 1 aliphatic heterocycles. The first-order valence-electron chi connectivity index (χ1n) is 7.77. The Morgan fingerprint density at radius 1 is 1.33 bits per heavy atom. The fourth-order valence-corrected chi connectivity index (χ4v) is 4.00. The number of thioether (sulfide) groups is 1. The zero-order valence-corrected chi connectivity index (χ0v) is 15.3. The van der Waals surface area contributed by atoms with Gasteiger partial charge in [0.1, 0.15) is 0 Å². The van der Waals surface area contributed by atoms with E-state index in [0.717, 1.165) is 23.6 Å². The Kier molecular flexibility index (Phi) is 5.20. The highest BCUT2D eigenvalue weighted by Gasteiger charge is 2.21. The fourth-order valence-electron chi connectivity index (χ4n) is 2.41. The minimum Gasteiger partial charge on any atom is -0.332 e. The smallest absolute Gasteiger partial charge is 0.281 e. The average Bonchev–Trinajstić information content (AvgIpc) is 3.17. The Bertz CT molecular complexity index is 773. The first-order chi connectivity index (χ1) is 11.5. The molecule has 3 rings (SSSR count). The van der Waals surface area contributed by atoms with E-state index in [1.165, 1.54) is 34.2 Å². The maximum absolute atomic E-state index is 12.0. The van der Waals surface area contributed by atoms with Gasteiger partial charge in [0.05, 0.1) is 5.69 Å². The predicted molar refractivity (Wildman–Crippen MR) is 99.7 cm³/mol. The van der Waals surface area contributed by atoms with E-state index in [-0.39, 0.29) is 11.1 Å². The summed E-state index contributed by atoms with van der Waals surface area (Å²) in [7, 11) is 0. The molecule has 0 bridgehead atoms. The minimum atomic E-state index is -0.110. The van der Waals surface area contributed by atoms with Crippen LogP contribution in [-0.2, 0) is 4.79 Å². The van der Waals surface area contributed by atoms with E-state index in [0.29, 0.717) is 18.1 Å². The summed E-state index contributed by atoms with van der Waals surface area (Å²) in [6, 6.07) is 6.22. The molecule has 0 atom stereocenters. The van der Waals surface area contributed by atoms with E-state index >= 15 is 0 Å². The number of amides is 2. The Morgan fingerprint density at radius 2 is 2.17 bits per heavy atom. The third-order valence-corrected chi connectivity index (χ3v) is 5.66. The van der Waals surface area contributed by atoms with Crippen molar-refractivity contribution in [3.63, 3.8) is 0 Å². The average molecular weight is 361 g/mol. The van der Waals surface area contributed by atoms with Crippen LogP contribution in [0, 0.1) is 13.8 Å². The first-order valence-corrected chi connectivity index (χ1v) is 9.64. The second-order valence-corrected chi connectivity index (χ2v) is 7.64. The molecule has 0 radical (unpaired) electrons. The van der Waals surface area contributed by atoms with Gasteiger partial charge in [-0.3, -0.25) is 9.59 Å². The van der Waals surface area contributed by atoms with Gasteiger partial charge in [0.25, 0.3) is 5.24 Å². The van der Waals surface area contributed by atoms with Gasteiger partial charge in [0.2, 0.25) is 5.91 Å². The lowest BCUT2D eigenvalue weighted by molar-refractivity contribution is -0.116. The van der Waals surface area contributed by atoms with Crippen molar-refractivity contribution in [1.29, 1.82) is 0 Å². The van der Waals surface area contributed by atoms with Crippen LogP contribution in [0.1, 0.15) is 17.5 Å². The predicted octanol–water partition coefficient (Wildman–Crippen LogP) is 3.92. The summed E-state index contributed by atoms with van der Waals surface area (Å²) in [5, 5.41) is 5.42. The molecule has 0 spiro atoms. The molecular formula is C17H19N3O2S2. The van der Waals surface area contributed by atoms with E-state index in [9.17, 15) is 9.59 Å². The van der Waals surface area contributed by atoms with Crippen molar-refractivity contribution in [2.24, 2.45) is 0 Å². The summed E-state index contributed by atoms with van der Waals surface area (Å²) >= 11 is 2.72. The van der Waals surface area contributed by atoms with Crippen LogP contribution in [-0.4, -0.2) is 39.9 Å². The Labute approximate surface area is 149 Å². The van der Waals surface area contributed by atoms with Gasteiger partial charge in [0.15, 0.2) is 5.13 Å². The van der Waals surface area contributed by atoms with Crippen LogP contribution in [0.4, 0.5) is 9.93 Å². The quantitative estimate of drug-likeness (QED) is 0.877. The number of anilines is 1. The fraction of sp³-hybridized carbons (Fsp3) is 0.353. The Balaban J connectivity index is 1.58. The number of nitrogens with one attached hydrogen (secondary N) is 1. The van der Waals surface area contributed by atoms with Crippen LogP contribution in [0.3, 0.4) is 0 Å². The molecule has 1 aromatic heterocycles. The maximum atomic E-state index is 12.0. The molecule has 126 valence electrons. The maximum Gasteiger partial charge on any atom is 0.281 e. The molecule has 1 saturated heterocycles. The van der Waals surface area contributed by atoms with Crippen molar-refractivity contribution in [3.8, 4) is 11.3 Å². The number of hydrogen-bond donors (Lipinski definition) is 1. The van der Waals surface area contributed by atoms with Crippen LogP contribution in [0.25, 0.3) is 11.3 Å². The molecule has 2 heterocycles. The van der Waals surface area contributed by atoms with Gasteiger partial charge in [-0.15, -0.1) is 11.3 Å². The van der Waals surface area contributed by atoms with E-state index in [1.54, 1.807) is 4.90 Å². The normalized spacial score (nSPS) is 14.2. The summed E-state index contributed by atoms with van der Waals surface area (Å²) in [5.41, 5.74) is 4.38. The van der Waals surface area contributed by atoms with Crippen LogP contribution in [0.2, 0.25) is 0 Å². The highest BCUT2D eigenvalue weighted by Crippen LogP contribution is 2.26. The molecule has 1 aliphatic rings. The third-order valence-electron chi connectivity index (χ3n) is 4.01. The first kappa shape index (κ1) is 17.0. The second kappa shape index (κ2) is 7.36. The Hall–Kier alpha value is -1.86. The van der Waals surface area contributed by atoms with E-state index in [1.807, 2.05) is 11.4 Å². The third kappa shape index (κ3) is 3.96. The van der Waals surface area contributed by atoms with Crippen LogP contribution in [0.15, 0.2) is 23.6 Å². The van der Waals surface area contributed by atoms with E-state index < -0.39 is 0 Å². The number of aromatic nitrogens is 1. The van der Waals surface area contributed by atoms with Crippen molar-refractivity contribution in [2.75, 3.05) is 24.2 Å². The lowest BCUT2D eigenvalue weighted by Crippen LogP contribution is -2.27. The number of benzene rings is 1. The van der Waals surface area contributed by atoms with Gasteiger partial charge in [-0.1, -0.05) is 23.9 Å². The number of rotatable bonds is 5. The molecule has 1 fully saturated rings. The van der Waals surface area contributed by atoms with Gasteiger partial charge in [0, 0.05) is 36.2 Å². The van der Waals surface area contributed by atoms with E-state index in [4.69, 9.17) is 0 Å². The van der Waals surface area contributed by atoms with Crippen molar-refractivity contribution in [3.05, 3.63) is 34.7 Å². The van der Waals surface area contributed by atoms with Gasteiger partial charge in [-0.05, 0) is 31.0 Å². The van der Waals surface area contributed by atoms with Crippen molar-refractivity contribution < 1.29 is 9.59 Å². The lowest BCUT2D eigenvalue weighted by atomic mass is 10.1. The molecule has 24 heavy (non-hydrogen) atoms. The summed E-state index contributed by atoms with van der Waals surface area (Å²) in [5.74, 6) is 0.701. The molecule has 2 amide bonds. The highest BCUT2D eigenvalue weighted by molar-refractivity contribution is 8.13. The highest BCUT2D eigenvalue weighted by atomic mass is 32.2. The summed E-state index contributed by atoms with van der Waals surface area (Å²) in [6.45, 7) is 5.35. The molecule has 2 aromatic rings. The molecule has 0 aliphatic carbocycles. The topological polar surface area (TPSA) is 62.3 Å². The number of carbonyl (C=O) groups is 2. The zero-order valence-electron chi connectivity index (χ0n) is 13.7. The molecule has 1 aromatic carbocycles. The van der Waals surface area contributed by atoms with Crippen molar-refractivity contribution >= 4 is 39.4 Å². The van der Waals surface area contributed by atoms with Crippen LogP contribution < -0.4 is 5.32 Å². The van der Waals surface area contributed by atoms with Crippen LogP contribution in [0.5, 0.6) is 0 Å². The summed E-state index contributed by atoms with van der Waals surface area (Å²) < 4.78 is 0. The molecule has 0 saturated carbocycles. The SMILES string of the molecule is Cc1ccc(-c2csc(NC(=O)CCN3CCSC3=O)n2)cc1C. The monoisotopic (exact) mass is 361 g/mol. The Morgan fingerprint density at radius 3 is 2.88 bits per heavy atom. The van der Waals surface area contributed by atoms with Gasteiger partial charge < -0.3 is 10.2 Å². The van der Waals surface area contributed by atoms with Gasteiger partial charge in [-0.2, -0.15) is 0 Å². The lowest BCUT2D eigenvalue weighted by Gasteiger charge is -2.13. The van der Waals surface area contributed by atoms with Gasteiger partial charge >= 0.3 is 0 Å². The number of carbonyl (C=O) groups excluding carboxylic acids is 2.